The molecule has 1 aliphatic rings. The molecule has 1 saturated heterocycles. The molecule has 8 nitrogen and oxygen atoms in total. The van der Waals surface area contributed by atoms with Crippen molar-refractivity contribution in [3.8, 4) is 11.6 Å². The van der Waals surface area contributed by atoms with Crippen LogP contribution in [0.1, 0.15) is 15.9 Å². The Morgan fingerprint density at radius 3 is 2.80 bits per heavy atom. The van der Waals surface area contributed by atoms with Gasteiger partial charge < -0.3 is 25.4 Å². The van der Waals surface area contributed by atoms with Crippen LogP contribution in [0.2, 0.25) is 5.02 Å². The highest BCUT2D eigenvalue weighted by atomic mass is 35.5. The molecule has 0 unspecified atom stereocenters. The van der Waals surface area contributed by atoms with Crippen molar-refractivity contribution in [2.45, 2.75) is 6.54 Å². The average Bonchev–Trinajstić information content (AvgIpc) is 2.89. The predicted octanol–water partition coefficient (Wildman–Crippen LogP) is 4.42. The number of pyridine rings is 2. The molecule has 9 heteroatoms. The Labute approximate surface area is 207 Å². The summed E-state index contributed by atoms with van der Waals surface area (Å²) in [5.41, 5.74) is 8.24. The summed E-state index contributed by atoms with van der Waals surface area (Å²) >= 11 is 6.40. The highest BCUT2D eigenvalue weighted by Gasteiger charge is 2.14. The third kappa shape index (κ3) is 5.29. The van der Waals surface area contributed by atoms with E-state index >= 15 is 0 Å². The number of carbonyl (C=O) groups excluding carboxylic acids is 1. The number of rotatable bonds is 6. The zero-order valence-electron chi connectivity index (χ0n) is 18.9. The molecule has 2 aromatic carbocycles. The molecule has 4 aromatic rings. The van der Waals surface area contributed by atoms with Gasteiger partial charge >= 0.3 is 0 Å². The molecule has 178 valence electrons. The van der Waals surface area contributed by atoms with E-state index in [0.717, 1.165) is 35.1 Å². The molecular formula is C26H24ClN5O3. The lowest BCUT2D eigenvalue weighted by molar-refractivity contribution is 0.0950. The third-order valence-electron chi connectivity index (χ3n) is 5.79. The van der Waals surface area contributed by atoms with E-state index in [1.807, 2.05) is 48.5 Å². The molecule has 0 radical (unpaired) electrons. The van der Waals surface area contributed by atoms with E-state index in [9.17, 15) is 4.79 Å². The number of anilines is 2. The predicted molar refractivity (Wildman–Crippen MR) is 136 cm³/mol. The molecule has 5 rings (SSSR count). The van der Waals surface area contributed by atoms with Crippen molar-refractivity contribution in [1.82, 2.24) is 15.3 Å². The van der Waals surface area contributed by atoms with Crippen LogP contribution in [0.15, 0.2) is 67.0 Å². The standard InChI is InChI=1S/C26H24ClN5O3/c27-23-13-19(25(33)30-15-17-4-5-22-18(12-17)6-7-29-24(22)28)16-31-26(23)35-21-3-1-2-20(14-21)32-8-10-34-11-9-32/h1-7,12-14,16H,8-11,15H2,(H2,28,29)(H,30,33). The van der Waals surface area contributed by atoms with Gasteiger partial charge in [0.2, 0.25) is 5.88 Å². The number of fused-ring (bicyclic) bond motifs is 1. The Morgan fingerprint density at radius 2 is 1.97 bits per heavy atom. The normalized spacial score (nSPS) is 13.6. The lowest BCUT2D eigenvalue weighted by atomic mass is 10.1. The Hall–Kier alpha value is -3.88. The molecular weight excluding hydrogens is 466 g/mol. The first-order valence-corrected chi connectivity index (χ1v) is 11.6. The van der Waals surface area contributed by atoms with Crippen LogP contribution >= 0.6 is 11.6 Å². The van der Waals surface area contributed by atoms with E-state index in [-0.39, 0.29) is 16.8 Å². The number of nitrogens with two attached hydrogens (primary N) is 1. The molecule has 1 fully saturated rings. The Kier molecular flexibility index (Phi) is 6.65. The minimum atomic E-state index is -0.283. The summed E-state index contributed by atoms with van der Waals surface area (Å²) in [6, 6.07) is 17.0. The Bertz CT molecular complexity index is 1370. The summed E-state index contributed by atoms with van der Waals surface area (Å²) in [4.78, 5) is 23.3. The van der Waals surface area contributed by atoms with Crippen LogP contribution in [0, 0.1) is 0 Å². The lowest BCUT2D eigenvalue weighted by Crippen LogP contribution is -2.36. The zero-order chi connectivity index (χ0) is 24.2. The van der Waals surface area contributed by atoms with Crippen molar-refractivity contribution >= 4 is 39.8 Å². The number of hydrogen-bond donors (Lipinski definition) is 2. The Balaban J connectivity index is 1.24. The van der Waals surface area contributed by atoms with E-state index in [2.05, 4.69) is 20.2 Å². The van der Waals surface area contributed by atoms with Gasteiger partial charge in [-0.15, -0.1) is 0 Å². The SMILES string of the molecule is Nc1nccc2cc(CNC(=O)c3cnc(Oc4cccc(N5CCOCC5)c4)c(Cl)c3)ccc12. The van der Waals surface area contributed by atoms with Gasteiger partial charge in [0.1, 0.15) is 16.6 Å². The molecule has 0 spiro atoms. The molecule has 3 heterocycles. The monoisotopic (exact) mass is 489 g/mol. The first kappa shape index (κ1) is 22.9. The summed E-state index contributed by atoms with van der Waals surface area (Å²) in [6.07, 6.45) is 3.12. The number of nitrogen functional groups attached to an aromatic ring is 1. The van der Waals surface area contributed by atoms with Gasteiger partial charge in [-0.25, -0.2) is 9.97 Å². The van der Waals surface area contributed by atoms with E-state index in [1.54, 1.807) is 12.3 Å². The van der Waals surface area contributed by atoms with Gasteiger partial charge in [0.05, 0.1) is 18.8 Å². The number of benzene rings is 2. The van der Waals surface area contributed by atoms with Crippen molar-refractivity contribution in [1.29, 1.82) is 0 Å². The van der Waals surface area contributed by atoms with E-state index in [1.165, 1.54) is 6.20 Å². The van der Waals surface area contributed by atoms with Crippen LogP contribution in [-0.2, 0) is 11.3 Å². The first-order chi connectivity index (χ1) is 17.1. The van der Waals surface area contributed by atoms with Gasteiger partial charge in [-0.05, 0) is 41.3 Å². The zero-order valence-corrected chi connectivity index (χ0v) is 19.7. The molecule has 2 aromatic heterocycles. The van der Waals surface area contributed by atoms with E-state index < -0.39 is 0 Å². The van der Waals surface area contributed by atoms with Crippen LogP contribution in [0.5, 0.6) is 11.6 Å². The lowest BCUT2D eigenvalue weighted by Gasteiger charge is -2.29. The first-order valence-electron chi connectivity index (χ1n) is 11.2. The number of aromatic nitrogens is 2. The average molecular weight is 490 g/mol. The smallest absolute Gasteiger partial charge is 0.253 e. The topological polar surface area (TPSA) is 103 Å². The number of hydrogen-bond acceptors (Lipinski definition) is 7. The number of carbonyl (C=O) groups is 1. The summed E-state index contributed by atoms with van der Waals surface area (Å²) in [5.74, 6) is 1.05. The number of ether oxygens (including phenoxy) is 2. The molecule has 0 aliphatic carbocycles. The molecule has 0 bridgehead atoms. The maximum atomic E-state index is 12.7. The van der Waals surface area contributed by atoms with Crippen LogP contribution in [0.25, 0.3) is 10.8 Å². The fourth-order valence-electron chi connectivity index (χ4n) is 3.95. The number of nitrogens with one attached hydrogen (secondary N) is 1. The van der Waals surface area contributed by atoms with Gasteiger partial charge in [-0.3, -0.25) is 4.79 Å². The van der Waals surface area contributed by atoms with Gasteiger partial charge in [-0.1, -0.05) is 29.8 Å². The molecule has 0 saturated carbocycles. The van der Waals surface area contributed by atoms with Gasteiger partial charge in [-0.2, -0.15) is 0 Å². The molecule has 0 atom stereocenters. The Morgan fingerprint density at radius 1 is 1.11 bits per heavy atom. The summed E-state index contributed by atoms with van der Waals surface area (Å²) in [7, 11) is 0. The van der Waals surface area contributed by atoms with Crippen molar-refractivity contribution in [2.75, 3.05) is 36.9 Å². The fourth-order valence-corrected chi connectivity index (χ4v) is 4.15. The number of nitrogens with zero attached hydrogens (tertiary/aromatic N) is 3. The molecule has 35 heavy (non-hydrogen) atoms. The number of amides is 1. The van der Waals surface area contributed by atoms with Crippen molar-refractivity contribution in [3.63, 3.8) is 0 Å². The third-order valence-corrected chi connectivity index (χ3v) is 6.06. The highest BCUT2D eigenvalue weighted by molar-refractivity contribution is 6.32. The number of halogens is 1. The second-order valence-corrected chi connectivity index (χ2v) is 8.55. The van der Waals surface area contributed by atoms with Crippen molar-refractivity contribution < 1.29 is 14.3 Å². The maximum Gasteiger partial charge on any atom is 0.253 e. The minimum absolute atomic E-state index is 0.239. The summed E-state index contributed by atoms with van der Waals surface area (Å²) in [6.45, 7) is 3.42. The van der Waals surface area contributed by atoms with E-state index in [4.69, 9.17) is 26.8 Å². The summed E-state index contributed by atoms with van der Waals surface area (Å²) < 4.78 is 11.3. The fraction of sp³-hybridized carbons (Fsp3) is 0.192. The van der Waals surface area contributed by atoms with Gasteiger partial charge in [0.15, 0.2) is 0 Å². The summed E-state index contributed by atoms with van der Waals surface area (Å²) in [5, 5.41) is 4.99. The molecule has 3 N–H and O–H groups in total. The van der Waals surface area contributed by atoms with Crippen molar-refractivity contribution in [2.24, 2.45) is 0 Å². The van der Waals surface area contributed by atoms with Crippen LogP contribution in [0.4, 0.5) is 11.5 Å². The molecule has 1 aliphatic heterocycles. The quantitative estimate of drug-likeness (QED) is 0.413. The van der Waals surface area contributed by atoms with Crippen molar-refractivity contribution in [3.05, 3.63) is 83.1 Å². The van der Waals surface area contributed by atoms with Crippen LogP contribution in [-0.4, -0.2) is 42.2 Å². The van der Waals surface area contributed by atoms with E-state index in [0.29, 0.717) is 36.9 Å². The van der Waals surface area contributed by atoms with Crippen LogP contribution < -0.4 is 20.7 Å². The second kappa shape index (κ2) is 10.2. The number of morpholine rings is 1. The molecule has 1 amide bonds. The highest BCUT2D eigenvalue weighted by Crippen LogP contribution is 2.30. The van der Waals surface area contributed by atoms with Gasteiger partial charge in [0.25, 0.3) is 5.91 Å². The maximum absolute atomic E-state index is 12.7. The second-order valence-electron chi connectivity index (χ2n) is 8.14. The minimum Gasteiger partial charge on any atom is -0.437 e. The van der Waals surface area contributed by atoms with Crippen LogP contribution in [0.3, 0.4) is 0 Å². The largest absolute Gasteiger partial charge is 0.437 e. The van der Waals surface area contributed by atoms with Gasteiger partial charge in [0, 0.05) is 49.2 Å².